The van der Waals surface area contributed by atoms with Crippen molar-refractivity contribution in [2.24, 2.45) is 0 Å². The van der Waals surface area contributed by atoms with Crippen molar-refractivity contribution < 1.29 is 22.9 Å². The number of non-ortho nitro benzene ring substituents is 1. The smallest absolute Gasteiger partial charge is 0.269 e. The molecule has 0 bridgehead atoms. The molecule has 9 nitrogen and oxygen atoms in total. The highest BCUT2D eigenvalue weighted by Gasteiger charge is 2.30. The van der Waals surface area contributed by atoms with Gasteiger partial charge in [0.15, 0.2) is 6.10 Å². The van der Waals surface area contributed by atoms with E-state index in [2.05, 4.69) is 5.32 Å². The van der Waals surface area contributed by atoms with Gasteiger partial charge in [-0.1, -0.05) is 18.2 Å². The minimum Gasteiger partial charge on any atom is -0.481 e. The maximum atomic E-state index is 13.1. The lowest BCUT2D eigenvalue weighted by molar-refractivity contribution is -0.384. The fraction of sp³-hybridized carbons (Fsp3) is 0.174. The molecule has 0 saturated heterocycles. The van der Waals surface area contributed by atoms with Crippen LogP contribution in [-0.4, -0.2) is 31.9 Å². The van der Waals surface area contributed by atoms with Gasteiger partial charge in [-0.3, -0.25) is 19.2 Å². The Morgan fingerprint density at radius 1 is 1.06 bits per heavy atom. The zero-order valence-electron chi connectivity index (χ0n) is 17.7. The minimum atomic E-state index is -3.72. The number of hydrogen-bond donors (Lipinski definition) is 1. The fourth-order valence-corrected chi connectivity index (χ4v) is 5.05. The third-order valence-electron chi connectivity index (χ3n) is 5.28. The van der Waals surface area contributed by atoms with Crippen molar-refractivity contribution in [2.75, 3.05) is 16.2 Å². The molecule has 1 aliphatic heterocycles. The van der Waals surface area contributed by atoms with Crippen molar-refractivity contribution in [3.05, 3.63) is 88.5 Å². The van der Waals surface area contributed by atoms with Gasteiger partial charge in [0.05, 0.1) is 15.5 Å². The number of rotatable bonds is 7. The Morgan fingerprint density at radius 3 is 2.39 bits per heavy atom. The topological polar surface area (TPSA) is 119 Å². The number of nitro benzene ring substituents is 1. The van der Waals surface area contributed by atoms with Gasteiger partial charge in [0.1, 0.15) is 5.75 Å². The molecule has 1 unspecified atom stereocenters. The number of ether oxygens (including phenoxy) is 1. The Balaban J connectivity index is 1.41. The van der Waals surface area contributed by atoms with Gasteiger partial charge >= 0.3 is 0 Å². The maximum absolute atomic E-state index is 13.1. The standard InChI is InChI=1S/C23H21N3O6S/c1-16(32-20-10-8-19(9-11-20)26(28)29)23(27)24-18-6-12-21(13-7-18)33(30,31)25-15-14-17-4-2-3-5-22(17)25/h2-13,16H,14-15H2,1H3,(H,24,27). The van der Waals surface area contributed by atoms with E-state index >= 15 is 0 Å². The van der Waals surface area contributed by atoms with Crippen LogP contribution in [-0.2, 0) is 21.2 Å². The number of fused-ring (bicyclic) bond motifs is 1. The largest absolute Gasteiger partial charge is 0.481 e. The molecule has 1 heterocycles. The molecule has 1 amide bonds. The highest BCUT2D eigenvalue weighted by Crippen LogP contribution is 2.32. The minimum absolute atomic E-state index is 0.0769. The van der Waals surface area contributed by atoms with Gasteiger partial charge < -0.3 is 10.1 Å². The molecule has 0 aliphatic carbocycles. The van der Waals surface area contributed by atoms with Crippen LogP contribution in [0.15, 0.2) is 77.7 Å². The van der Waals surface area contributed by atoms with E-state index in [1.807, 2.05) is 18.2 Å². The van der Waals surface area contributed by atoms with Crippen LogP contribution in [0, 0.1) is 10.1 Å². The van der Waals surface area contributed by atoms with Crippen LogP contribution < -0.4 is 14.4 Å². The second-order valence-corrected chi connectivity index (χ2v) is 9.34. The van der Waals surface area contributed by atoms with Crippen LogP contribution in [0.1, 0.15) is 12.5 Å². The number of benzene rings is 3. The molecule has 3 aromatic rings. The van der Waals surface area contributed by atoms with E-state index < -0.39 is 27.0 Å². The first-order valence-electron chi connectivity index (χ1n) is 10.2. The lowest BCUT2D eigenvalue weighted by Gasteiger charge is -2.20. The highest BCUT2D eigenvalue weighted by atomic mass is 32.2. The molecule has 33 heavy (non-hydrogen) atoms. The number of amides is 1. The SMILES string of the molecule is CC(Oc1ccc([N+](=O)[O-])cc1)C(=O)Nc1ccc(S(=O)(=O)N2CCc3ccccc32)cc1. The Bertz CT molecular complexity index is 1290. The van der Waals surface area contributed by atoms with E-state index in [0.717, 1.165) is 5.56 Å². The first-order chi connectivity index (χ1) is 15.8. The van der Waals surface area contributed by atoms with E-state index in [-0.39, 0.29) is 10.6 Å². The first-order valence-corrected chi connectivity index (χ1v) is 11.6. The van der Waals surface area contributed by atoms with Crippen LogP contribution in [0.3, 0.4) is 0 Å². The molecule has 0 spiro atoms. The van der Waals surface area contributed by atoms with Crippen molar-refractivity contribution >= 4 is 33.0 Å². The number of carbonyl (C=O) groups excluding carboxylic acids is 1. The molecule has 3 aromatic carbocycles. The second-order valence-electron chi connectivity index (χ2n) is 7.48. The van der Waals surface area contributed by atoms with Gasteiger partial charge in [-0.2, -0.15) is 0 Å². The summed E-state index contributed by atoms with van der Waals surface area (Å²) >= 11 is 0. The molecule has 170 valence electrons. The molecule has 1 N–H and O–H groups in total. The summed E-state index contributed by atoms with van der Waals surface area (Å²) in [5.74, 6) is -0.131. The van der Waals surface area contributed by atoms with Gasteiger partial charge in [-0.15, -0.1) is 0 Å². The van der Waals surface area contributed by atoms with Crippen molar-refractivity contribution in [1.29, 1.82) is 0 Å². The molecule has 1 atom stereocenters. The Kier molecular flexibility index (Phi) is 6.01. The summed E-state index contributed by atoms with van der Waals surface area (Å²) in [5, 5.41) is 13.4. The summed E-state index contributed by atoms with van der Waals surface area (Å²) < 4.78 is 33.1. The van der Waals surface area contributed by atoms with Crippen LogP contribution in [0.25, 0.3) is 0 Å². The molecule has 0 fully saturated rings. The number of anilines is 2. The number of carbonyl (C=O) groups is 1. The van der Waals surface area contributed by atoms with E-state index in [0.29, 0.717) is 30.1 Å². The van der Waals surface area contributed by atoms with E-state index in [1.165, 1.54) is 52.8 Å². The molecule has 4 rings (SSSR count). The van der Waals surface area contributed by atoms with E-state index in [9.17, 15) is 23.3 Å². The third kappa shape index (κ3) is 4.65. The number of nitro groups is 1. The molecule has 0 radical (unpaired) electrons. The Labute approximate surface area is 190 Å². The van der Waals surface area contributed by atoms with Crippen molar-refractivity contribution in [3.63, 3.8) is 0 Å². The average molecular weight is 468 g/mol. The number of nitrogens with zero attached hydrogens (tertiary/aromatic N) is 2. The normalized spacial score (nSPS) is 13.8. The highest BCUT2D eigenvalue weighted by molar-refractivity contribution is 7.92. The van der Waals surface area contributed by atoms with Gasteiger partial charge in [-0.25, -0.2) is 8.42 Å². The number of para-hydroxylation sites is 1. The van der Waals surface area contributed by atoms with Gasteiger partial charge in [-0.05, 0) is 61.4 Å². The predicted octanol–water partition coefficient (Wildman–Crippen LogP) is 3.75. The predicted molar refractivity (Wildman–Crippen MR) is 123 cm³/mol. The van der Waals surface area contributed by atoms with E-state index in [4.69, 9.17) is 4.74 Å². The molecule has 1 aliphatic rings. The lowest BCUT2D eigenvalue weighted by atomic mass is 10.2. The number of nitrogens with one attached hydrogen (secondary N) is 1. The summed E-state index contributed by atoms with van der Waals surface area (Å²) in [4.78, 5) is 22.8. The average Bonchev–Trinajstić information content (AvgIpc) is 3.25. The Morgan fingerprint density at radius 2 is 1.73 bits per heavy atom. The molecule has 0 saturated carbocycles. The van der Waals surface area contributed by atoms with Crippen molar-refractivity contribution in [3.8, 4) is 5.75 Å². The van der Waals surface area contributed by atoms with Gasteiger partial charge in [0.25, 0.3) is 21.6 Å². The summed E-state index contributed by atoms with van der Waals surface area (Å²) in [5.41, 5.74) is 2.02. The van der Waals surface area contributed by atoms with E-state index in [1.54, 1.807) is 13.0 Å². The number of sulfonamides is 1. The summed E-state index contributed by atoms with van der Waals surface area (Å²) in [7, 11) is -3.72. The van der Waals surface area contributed by atoms with Crippen molar-refractivity contribution in [1.82, 2.24) is 0 Å². The van der Waals surface area contributed by atoms with Crippen LogP contribution in [0.2, 0.25) is 0 Å². The molecular formula is C23H21N3O6S. The van der Waals surface area contributed by atoms with Crippen molar-refractivity contribution in [2.45, 2.75) is 24.3 Å². The quantitative estimate of drug-likeness (QED) is 0.418. The molecule has 0 aromatic heterocycles. The monoisotopic (exact) mass is 467 g/mol. The summed E-state index contributed by atoms with van der Waals surface area (Å²) in [6.45, 7) is 1.93. The van der Waals surface area contributed by atoms with Crippen LogP contribution in [0.5, 0.6) is 5.75 Å². The first kappa shape index (κ1) is 22.3. The molecular weight excluding hydrogens is 446 g/mol. The number of hydrogen-bond acceptors (Lipinski definition) is 6. The maximum Gasteiger partial charge on any atom is 0.269 e. The third-order valence-corrected chi connectivity index (χ3v) is 7.11. The summed E-state index contributed by atoms with van der Waals surface area (Å²) in [6.07, 6.45) is -0.216. The van der Waals surface area contributed by atoms with Crippen LogP contribution >= 0.6 is 0 Å². The zero-order chi connectivity index (χ0) is 23.6. The summed E-state index contributed by atoms with van der Waals surface area (Å²) in [6, 6.07) is 18.8. The van der Waals surface area contributed by atoms with Gasteiger partial charge in [0, 0.05) is 24.4 Å². The van der Waals surface area contributed by atoms with Crippen LogP contribution in [0.4, 0.5) is 17.1 Å². The zero-order valence-corrected chi connectivity index (χ0v) is 18.5. The lowest BCUT2D eigenvalue weighted by Crippen LogP contribution is -2.30. The molecule has 10 heteroatoms. The van der Waals surface area contributed by atoms with Gasteiger partial charge in [0.2, 0.25) is 0 Å². The second kappa shape index (κ2) is 8.91. The Hall–Kier alpha value is -3.92. The fourth-order valence-electron chi connectivity index (χ4n) is 3.54.